The van der Waals surface area contributed by atoms with E-state index in [0.717, 1.165) is 22.3 Å². The van der Waals surface area contributed by atoms with E-state index in [4.69, 9.17) is 11.6 Å². The zero-order chi connectivity index (χ0) is 19.7. The predicted molar refractivity (Wildman–Crippen MR) is 113 cm³/mol. The van der Waals surface area contributed by atoms with Crippen LogP contribution in [0.2, 0.25) is 5.02 Å². The summed E-state index contributed by atoms with van der Waals surface area (Å²) in [6.45, 7) is 4.56. The lowest BCUT2D eigenvalue weighted by Gasteiger charge is -2.12. The molecule has 0 aliphatic carbocycles. The molecule has 4 rings (SSSR count). The molecular formula is C23H20ClN3O. The summed E-state index contributed by atoms with van der Waals surface area (Å²) in [6.07, 6.45) is 1.81. The summed E-state index contributed by atoms with van der Waals surface area (Å²) < 4.78 is 2.07. The fraction of sp³-hybridized carbons (Fsp3) is 0.130. The summed E-state index contributed by atoms with van der Waals surface area (Å²) >= 11 is 6.15. The van der Waals surface area contributed by atoms with Crippen LogP contribution in [0.5, 0.6) is 0 Å². The Balaban J connectivity index is 1.61. The molecule has 0 spiro atoms. The van der Waals surface area contributed by atoms with Gasteiger partial charge in [-0.3, -0.25) is 9.36 Å². The molecule has 5 heteroatoms. The van der Waals surface area contributed by atoms with Gasteiger partial charge in [0.05, 0.1) is 16.7 Å². The predicted octanol–water partition coefficient (Wildman–Crippen LogP) is 5.23. The summed E-state index contributed by atoms with van der Waals surface area (Å²) in [5, 5.41) is 3.56. The van der Waals surface area contributed by atoms with Crippen LogP contribution >= 0.6 is 11.6 Å². The molecule has 1 heterocycles. The maximum absolute atomic E-state index is 12.6. The number of hydrogen-bond acceptors (Lipinski definition) is 2. The molecule has 0 aliphatic rings. The lowest BCUT2D eigenvalue weighted by Crippen LogP contribution is -2.22. The molecule has 1 amide bonds. The van der Waals surface area contributed by atoms with E-state index >= 15 is 0 Å². The number of imidazole rings is 1. The molecule has 1 aromatic heterocycles. The van der Waals surface area contributed by atoms with Gasteiger partial charge in [0.15, 0.2) is 0 Å². The van der Waals surface area contributed by atoms with Crippen molar-refractivity contribution in [1.29, 1.82) is 0 Å². The maximum atomic E-state index is 12.6. The molecular weight excluding hydrogens is 370 g/mol. The van der Waals surface area contributed by atoms with Gasteiger partial charge in [0.1, 0.15) is 6.33 Å². The number of fused-ring (bicyclic) bond motifs is 1. The van der Waals surface area contributed by atoms with Gasteiger partial charge in [-0.25, -0.2) is 4.98 Å². The highest BCUT2D eigenvalue weighted by Crippen LogP contribution is 2.24. The van der Waals surface area contributed by atoms with Crippen LogP contribution in [0.15, 0.2) is 67.0 Å². The Kier molecular flexibility index (Phi) is 4.88. The van der Waals surface area contributed by atoms with E-state index in [1.165, 1.54) is 11.1 Å². The van der Waals surface area contributed by atoms with Crippen molar-refractivity contribution < 1.29 is 4.79 Å². The zero-order valence-electron chi connectivity index (χ0n) is 15.7. The van der Waals surface area contributed by atoms with E-state index in [1.807, 2.05) is 48.8 Å². The second kappa shape index (κ2) is 7.49. The van der Waals surface area contributed by atoms with Gasteiger partial charge < -0.3 is 5.32 Å². The molecule has 4 aromatic rings. The van der Waals surface area contributed by atoms with E-state index in [0.29, 0.717) is 17.1 Å². The number of benzene rings is 3. The normalized spacial score (nSPS) is 11.0. The summed E-state index contributed by atoms with van der Waals surface area (Å²) in [5.41, 5.74) is 6.71. The molecule has 0 saturated heterocycles. The summed E-state index contributed by atoms with van der Waals surface area (Å²) in [7, 11) is 0. The highest BCUT2D eigenvalue weighted by atomic mass is 35.5. The van der Waals surface area contributed by atoms with Crippen molar-refractivity contribution in [3.8, 4) is 5.69 Å². The number of amides is 1. The topological polar surface area (TPSA) is 46.9 Å². The van der Waals surface area contributed by atoms with Crippen molar-refractivity contribution in [2.75, 3.05) is 0 Å². The number of carbonyl (C=O) groups excluding carboxylic acids is 1. The van der Waals surface area contributed by atoms with E-state index in [9.17, 15) is 4.79 Å². The minimum absolute atomic E-state index is 0.150. The van der Waals surface area contributed by atoms with Crippen LogP contribution in [-0.2, 0) is 6.54 Å². The molecule has 0 unspecified atom stereocenters. The van der Waals surface area contributed by atoms with Gasteiger partial charge in [0.2, 0.25) is 0 Å². The maximum Gasteiger partial charge on any atom is 0.251 e. The van der Waals surface area contributed by atoms with E-state index < -0.39 is 0 Å². The van der Waals surface area contributed by atoms with Crippen LogP contribution < -0.4 is 5.32 Å². The van der Waals surface area contributed by atoms with Gasteiger partial charge in [-0.1, -0.05) is 48.0 Å². The molecule has 4 nitrogen and oxygen atoms in total. The third-order valence-electron chi connectivity index (χ3n) is 4.89. The van der Waals surface area contributed by atoms with Gasteiger partial charge in [-0.2, -0.15) is 0 Å². The van der Waals surface area contributed by atoms with Gasteiger partial charge in [-0.15, -0.1) is 0 Å². The van der Waals surface area contributed by atoms with Crippen LogP contribution in [0.4, 0.5) is 0 Å². The standard InChI is InChI=1S/C23H20ClN3O/c1-15-6-5-7-16(2)22(15)27-14-26-20-12-17(10-11-21(20)27)23(28)25-13-18-8-3-4-9-19(18)24/h3-12,14H,13H2,1-2H3,(H,25,28). The zero-order valence-corrected chi connectivity index (χ0v) is 16.5. The third-order valence-corrected chi connectivity index (χ3v) is 5.26. The smallest absolute Gasteiger partial charge is 0.251 e. The molecule has 0 radical (unpaired) electrons. The Hall–Kier alpha value is -3.11. The molecule has 0 atom stereocenters. The largest absolute Gasteiger partial charge is 0.348 e. The van der Waals surface area contributed by atoms with E-state index in [-0.39, 0.29) is 5.91 Å². The van der Waals surface area contributed by atoms with Crippen molar-refractivity contribution >= 4 is 28.5 Å². The first-order valence-electron chi connectivity index (χ1n) is 9.10. The number of carbonyl (C=O) groups is 1. The van der Waals surface area contributed by atoms with Crippen molar-refractivity contribution in [3.63, 3.8) is 0 Å². The number of para-hydroxylation sites is 1. The lowest BCUT2D eigenvalue weighted by molar-refractivity contribution is 0.0951. The molecule has 0 saturated carbocycles. The van der Waals surface area contributed by atoms with E-state index in [1.54, 1.807) is 0 Å². The fourth-order valence-corrected chi connectivity index (χ4v) is 3.64. The number of nitrogens with one attached hydrogen (secondary N) is 1. The van der Waals surface area contributed by atoms with Crippen LogP contribution in [0.25, 0.3) is 16.7 Å². The average molecular weight is 390 g/mol. The van der Waals surface area contributed by atoms with Gasteiger partial charge in [0, 0.05) is 17.1 Å². The Morgan fingerprint density at radius 2 is 1.79 bits per heavy atom. The first-order valence-corrected chi connectivity index (χ1v) is 9.47. The highest BCUT2D eigenvalue weighted by Gasteiger charge is 2.12. The fourth-order valence-electron chi connectivity index (χ4n) is 3.44. The summed E-state index contributed by atoms with van der Waals surface area (Å²) in [6, 6.07) is 19.3. The monoisotopic (exact) mass is 389 g/mol. The number of hydrogen-bond donors (Lipinski definition) is 1. The molecule has 3 aromatic carbocycles. The minimum atomic E-state index is -0.150. The number of nitrogens with zero attached hydrogens (tertiary/aromatic N) is 2. The Bertz CT molecular complexity index is 1160. The molecule has 0 bridgehead atoms. The van der Waals surface area contributed by atoms with Crippen LogP contribution in [-0.4, -0.2) is 15.5 Å². The molecule has 1 N–H and O–H groups in total. The lowest BCUT2D eigenvalue weighted by atomic mass is 10.1. The SMILES string of the molecule is Cc1cccc(C)c1-n1cnc2cc(C(=O)NCc3ccccc3Cl)ccc21. The Labute approximate surface area is 168 Å². The second-order valence-corrected chi connectivity index (χ2v) is 7.24. The third kappa shape index (κ3) is 3.39. The first-order chi connectivity index (χ1) is 13.5. The van der Waals surface area contributed by atoms with Crippen LogP contribution in [0.3, 0.4) is 0 Å². The van der Waals surface area contributed by atoms with E-state index in [2.05, 4.69) is 46.9 Å². The Morgan fingerprint density at radius 1 is 1.04 bits per heavy atom. The summed E-state index contributed by atoms with van der Waals surface area (Å²) in [5.74, 6) is -0.150. The average Bonchev–Trinajstić information content (AvgIpc) is 3.10. The van der Waals surface area contributed by atoms with Crippen molar-refractivity contribution in [1.82, 2.24) is 14.9 Å². The minimum Gasteiger partial charge on any atom is -0.348 e. The molecule has 0 aliphatic heterocycles. The van der Waals surface area contributed by atoms with Crippen LogP contribution in [0, 0.1) is 13.8 Å². The number of rotatable bonds is 4. The van der Waals surface area contributed by atoms with Gasteiger partial charge in [-0.05, 0) is 54.8 Å². The molecule has 28 heavy (non-hydrogen) atoms. The highest BCUT2D eigenvalue weighted by molar-refractivity contribution is 6.31. The number of halogens is 1. The molecule has 0 fully saturated rings. The van der Waals surface area contributed by atoms with Gasteiger partial charge in [0.25, 0.3) is 5.91 Å². The quantitative estimate of drug-likeness (QED) is 0.519. The molecule has 140 valence electrons. The summed E-state index contributed by atoms with van der Waals surface area (Å²) in [4.78, 5) is 17.1. The van der Waals surface area contributed by atoms with Crippen LogP contribution in [0.1, 0.15) is 27.0 Å². The van der Waals surface area contributed by atoms with Crippen molar-refractivity contribution in [2.24, 2.45) is 0 Å². The Morgan fingerprint density at radius 3 is 2.54 bits per heavy atom. The number of aromatic nitrogens is 2. The van der Waals surface area contributed by atoms with Crippen molar-refractivity contribution in [3.05, 3.63) is 94.3 Å². The number of aryl methyl sites for hydroxylation is 2. The second-order valence-electron chi connectivity index (χ2n) is 6.83. The first kappa shape index (κ1) is 18.3. The van der Waals surface area contributed by atoms with Crippen molar-refractivity contribution in [2.45, 2.75) is 20.4 Å². The van der Waals surface area contributed by atoms with Gasteiger partial charge >= 0.3 is 0 Å².